The minimum Gasteiger partial charge on any atom is -0.352 e. The van der Waals surface area contributed by atoms with Crippen LogP contribution in [0.15, 0.2) is 67.6 Å². The van der Waals surface area contributed by atoms with Crippen LogP contribution in [0, 0.1) is 0 Å². The molecular weight excluding hydrogens is 410 g/mol. The van der Waals surface area contributed by atoms with E-state index in [2.05, 4.69) is 26.4 Å². The molecule has 0 N–H and O–H groups in total. The SMILES string of the molecule is C=CC(=O)N1CCN(c2ncnc3cc(-c4ccnc5ccccc45)c(Cl)cc23)CC1. The van der Waals surface area contributed by atoms with E-state index in [4.69, 9.17) is 11.6 Å². The van der Waals surface area contributed by atoms with Crippen molar-refractivity contribution < 1.29 is 4.79 Å². The number of amides is 1. The molecule has 0 aliphatic carbocycles. The third-order valence-corrected chi connectivity index (χ3v) is 6.02. The smallest absolute Gasteiger partial charge is 0.246 e. The highest BCUT2D eigenvalue weighted by Gasteiger charge is 2.22. The predicted molar refractivity (Wildman–Crippen MR) is 124 cm³/mol. The maximum atomic E-state index is 11.9. The molecule has 0 radical (unpaired) electrons. The Morgan fingerprint density at radius 2 is 1.74 bits per heavy atom. The fraction of sp³-hybridized carbons (Fsp3) is 0.167. The number of rotatable bonds is 3. The molecule has 0 bridgehead atoms. The van der Waals surface area contributed by atoms with Crippen LogP contribution in [0.1, 0.15) is 0 Å². The highest BCUT2D eigenvalue weighted by Crippen LogP contribution is 2.37. The van der Waals surface area contributed by atoms with Crippen molar-refractivity contribution in [3.05, 3.63) is 72.7 Å². The molecule has 1 aliphatic heterocycles. The van der Waals surface area contributed by atoms with Gasteiger partial charge in [0.05, 0.1) is 11.0 Å². The second kappa shape index (κ2) is 7.96. The largest absolute Gasteiger partial charge is 0.352 e. The van der Waals surface area contributed by atoms with Gasteiger partial charge in [-0.15, -0.1) is 0 Å². The van der Waals surface area contributed by atoms with Gasteiger partial charge in [0.2, 0.25) is 5.91 Å². The number of carbonyl (C=O) groups excluding carboxylic acids is 1. The second-order valence-electron chi connectivity index (χ2n) is 7.44. The lowest BCUT2D eigenvalue weighted by molar-refractivity contribution is -0.126. The maximum absolute atomic E-state index is 11.9. The molecule has 0 atom stereocenters. The van der Waals surface area contributed by atoms with Crippen molar-refractivity contribution >= 4 is 45.1 Å². The first-order chi connectivity index (χ1) is 15.2. The Bertz CT molecular complexity index is 1310. The number of piperazine rings is 1. The number of fused-ring (bicyclic) bond motifs is 2. The lowest BCUT2D eigenvalue weighted by atomic mass is 10.00. The minimum atomic E-state index is -0.0375. The number of pyridine rings is 1. The quantitative estimate of drug-likeness (QED) is 0.453. The number of hydrogen-bond donors (Lipinski definition) is 0. The van der Waals surface area contributed by atoms with Gasteiger partial charge in [-0.1, -0.05) is 36.4 Å². The number of nitrogens with zero attached hydrogens (tertiary/aromatic N) is 5. The molecule has 1 fully saturated rings. The molecule has 1 amide bonds. The van der Waals surface area contributed by atoms with Gasteiger partial charge in [0.15, 0.2) is 0 Å². The molecule has 31 heavy (non-hydrogen) atoms. The molecule has 2 aromatic carbocycles. The van der Waals surface area contributed by atoms with Gasteiger partial charge in [-0.25, -0.2) is 9.97 Å². The molecule has 1 aliphatic rings. The molecule has 1 saturated heterocycles. The van der Waals surface area contributed by atoms with Gasteiger partial charge in [0.25, 0.3) is 0 Å². The number of halogens is 1. The number of anilines is 1. The van der Waals surface area contributed by atoms with E-state index in [0.717, 1.165) is 38.8 Å². The van der Waals surface area contributed by atoms with Crippen LogP contribution in [0.4, 0.5) is 5.82 Å². The average Bonchev–Trinajstić information content (AvgIpc) is 2.82. The Balaban J connectivity index is 1.55. The average molecular weight is 430 g/mol. The van der Waals surface area contributed by atoms with Crippen LogP contribution in [0.5, 0.6) is 0 Å². The van der Waals surface area contributed by atoms with Crippen molar-refractivity contribution in [2.75, 3.05) is 31.1 Å². The maximum Gasteiger partial charge on any atom is 0.246 e. The number of benzene rings is 2. The van der Waals surface area contributed by atoms with Gasteiger partial charge in [-0.3, -0.25) is 9.78 Å². The fourth-order valence-corrected chi connectivity index (χ4v) is 4.39. The zero-order valence-electron chi connectivity index (χ0n) is 16.8. The van der Waals surface area contributed by atoms with E-state index < -0.39 is 0 Å². The summed E-state index contributed by atoms with van der Waals surface area (Å²) in [4.78, 5) is 29.3. The van der Waals surface area contributed by atoms with Crippen LogP contribution in [0.3, 0.4) is 0 Å². The second-order valence-corrected chi connectivity index (χ2v) is 7.85. The molecule has 6 nitrogen and oxygen atoms in total. The molecule has 7 heteroatoms. The predicted octanol–water partition coefficient (Wildman–Crippen LogP) is 4.33. The van der Waals surface area contributed by atoms with Crippen LogP contribution in [-0.2, 0) is 4.79 Å². The molecule has 0 spiro atoms. The summed E-state index contributed by atoms with van der Waals surface area (Å²) in [6.45, 7) is 6.22. The van der Waals surface area contributed by atoms with Crippen LogP contribution in [0.25, 0.3) is 32.9 Å². The van der Waals surface area contributed by atoms with Gasteiger partial charge in [0.1, 0.15) is 12.1 Å². The van der Waals surface area contributed by atoms with Gasteiger partial charge in [-0.05, 0) is 35.9 Å². The van der Waals surface area contributed by atoms with Crippen LogP contribution in [-0.4, -0.2) is 51.9 Å². The lowest BCUT2D eigenvalue weighted by Crippen LogP contribution is -2.48. The van der Waals surface area contributed by atoms with E-state index in [1.54, 1.807) is 17.4 Å². The Labute approximate surface area is 184 Å². The summed E-state index contributed by atoms with van der Waals surface area (Å²) < 4.78 is 0. The summed E-state index contributed by atoms with van der Waals surface area (Å²) in [5.74, 6) is 0.799. The van der Waals surface area contributed by atoms with E-state index >= 15 is 0 Å². The van der Waals surface area contributed by atoms with Gasteiger partial charge in [0, 0.05) is 53.7 Å². The van der Waals surface area contributed by atoms with E-state index in [-0.39, 0.29) is 5.91 Å². The summed E-state index contributed by atoms with van der Waals surface area (Å²) in [5.41, 5.74) is 3.69. The molecule has 2 aromatic heterocycles. The van der Waals surface area contributed by atoms with Gasteiger partial charge < -0.3 is 9.80 Å². The van der Waals surface area contributed by atoms with E-state index in [9.17, 15) is 4.79 Å². The van der Waals surface area contributed by atoms with Crippen molar-refractivity contribution in [2.45, 2.75) is 0 Å². The van der Waals surface area contributed by atoms with Crippen molar-refractivity contribution in [3.8, 4) is 11.1 Å². The Morgan fingerprint density at radius 1 is 0.935 bits per heavy atom. The molecule has 4 aromatic rings. The summed E-state index contributed by atoms with van der Waals surface area (Å²) >= 11 is 6.77. The third-order valence-electron chi connectivity index (χ3n) is 5.71. The van der Waals surface area contributed by atoms with Crippen LogP contribution >= 0.6 is 11.6 Å². The van der Waals surface area contributed by atoms with Gasteiger partial charge >= 0.3 is 0 Å². The molecule has 154 valence electrons. The van der Waals surface area contributed by atoms with Crippen molar-refractivity contribution in [1.29, 1.82) is 0 Å². The molecule has 3 heterocycles. The normalized spacial score (nSPS) is 14.2. The molecule has 0 saturated carbocycles. The minimum absolute atomic E-state index is 0.0375. The first kappa shape index (κ1) is 19.5. The fourth-order valence-electron chi connectivity index (χ4n) is 4.12. The van der Waals surface area contributed by atoms with Crippen LogP contribution < -0.4 is 4.90 Å². The van der Waals surface area contributed by atoms with Crippen LogP contribution in [0.2, 0.25) is 5.02 Å². The Hall–Kier alpha value is -3.51. The summed E-state index contributed by atoms with van der Waals surface area (Å²) in [5, 5.41) is 2.59. The van der Waals surface area contributed by atoms with Gasteiger partial charge in [-0.2, -0.15) is 0 Å². The summed E-state index contributed by atoms with van der Waals surface area (Å²) in [6, 6.07) is 14.0. The highest BCUT2D eigenvalue weighted by molar-refractivity contribution is 6.34. The van der Waals surface area contributed by atoms with E-state index in [0.29, 0.717) is 31.2 Å². The highest BCUT2D eigenvalue weighted by atomic mass is 35.5. The standard InChI is InChI=1S/C24H20ClN5O/c1-2-23(31)29-9-11-30(12-10-29)24-19-13-20(25)18(14-22(19)27-15-28-24)16-7-8-26-21-6-4-3-5-17(16)21/h2-8,13-15H,1,9-12H2. The number of para-hydroxylation sites is 1. The van der Waals surface area contributed by atoms with Crippen molar-refractivity contribution in [1.82, 2.24) is 19.9 Å². The Kier molecular flexibility index (Phi) is 5.00. The molecule has 0 unspecified atom stereocenters. The topological polar surface area (TPSA) is 62.2 Å². The zero-order chi connectivity index (χ0) is 21.4. The molecule has 5 rings (SSSR count). The monoisotopic (exact) mass is 429 g/mol. The summed E-state index contributed by atoms with van der Waals surface area (Å²) in [7, 11) is 0. The van der Waals surface area contributed by atoms with Crippen molar-refractivity contribution in [2.24, 2.45) is 0 Å². The summed E-state index contributed by atoms with van der Waals surface area (Å²) in [6.07, 6.45) is 4.74. The lowest BCUT2D eigenvalue weighted by Gasteiger charge is -2.35. The van der Waals surface area contributed by atoms with E-state index in [1.165, 1.54) is 6.08 Å². The number of hydrogen-bond acceptors (Lipinski definition) is 5. The van der Waals surface area contributed by atoms with Crippen molar-refractivity contribution in [3.63, 3.8) is 0 Å². The first-order valence-corrected chi connectivity index (χ1v) is 10.5. The number of aromatic nitrogens is 3. The third kappa shape index (κ3) is 3.49. The number of carbonyl (C=O) groups is 1. The Morgan fingerprint density at radius 3 is 2.55 bits per heavy atom. The van der Waals surface area contributed by atoms with E-state index in [1.807, 2.05) is 42.5 Å². The molecular formula is C24H20ClN5O. The first-order valence-electron chi connectivity index (χ1n) is 10.1. The zero-order valence-corrected chi connectivity index (χ0v) is 17.6.